The smallest absolute Gasteiger partial charge is 0.276 e. The lowest BCUT2D eigenvalue weighted by Crippen LogP contribution is -1.90. The van der Waals surface area contributed by atoms with Gasteiger partial charge in [-0.3, -0.25) is 14.5 Å². The van der Waals surface area contributed by atoms with Crippen LogP contribution in [0, 0.1) is 11.5 Å². The largest absolute Gasteiger partial charge is 0.300 e. The van der Waals surface area contributed by atoms with E-state index in [1.54, 1.807) is 6.19 Å². The van der Waals surface area contributed by atoms with E-state index < -0.39 is 0 Å². The highest BCUT2D eigenvalue weighted by Crippen LogP contribution is 2.06. The summed E-state index contributed by atoms with van der Waals surface area (Å²) in [6.07, 6.45) is 3.19. The number of rotatable bonds is 1. The third-order valence-electron chi connectivity index (χ3n) is 1.25. The van der Waals surface area contributed by atoms with Gasteiger partial charge in [-0.1, -0.05) is 0 Å². The van der Waals surface area contributed by atoms with Crippen LogP contribution in [0.5, 0.6) is 0 Å². The lowest BCUT2D eigenvalue weighted by Gasteiger charge is -1.82. The lowest BCUT2D eigenvalue weighted by molar-refractivity contribution is 1.31. The fraction of sp³-hybridized carbons (Fsp3) is 0. The van der Waals surface area contributed by atoms with Crippen molar-refractivity contribution in [2.45, 2.75) is 0 Å². The molecule has 0 spiro atoms. The molecule has 0 saturated heterocycles. The number of hydrogen-bond donors (Lipinski definition) is 1. The predicted molar refractivity (Wildman–Crippen MR) is 33.1 cm³/mol. The average Bonchev–Trinajstić information content (AvgIpc) is 2.44. The van der Waals surface area contributed by atoms with Crippen LogP contribution in [0.3, 0.4) is 0 Å². The summed E-state index contributed by atoms with van der Waals surface area (Å²) in [4.78, 5) is 14.2. The molecule has 2 aromatic rings. The number of imidazole rings is 1. The third kappa shape index (κ3) is 0.449. The maximum atomic E-state index is 10.5. The molecule has 10 heavy (non-hydrogen) atoms. The van der Waals surface area contributed by atoms with Crippen LogP contribution in [0.2, 0.25) is 0 Å². The second-order valence-electron chi connectivity index (χ2n) is 1.86. The van der Waals surface area contributed by atoms with Gasteiger partial charge in [-0.15, -0.1) is 0 Å². The Hall–Kier alpha value is -1.83. The summed E-state index contributed by atoms with van der Waals surface area (Å²) in [5.74, 6) is 0.428. The van der Waals surface area contributed by atoms with Gasteiger partial charge < -0.3 is 0 Å². The van der Waals surface area contributed by atoms with Gasteiger partial charge in [0, 0.05) is 0 Å². The fourth-order valence-corrected chi connectivity index (χ4v) is 0.757. The minimum Gasteiger partial charge on any atom is -0.276 e. The van der Waals surface area contributed by atoms with E-state index in [-0.39, 0.29) is 5.56 Å². The molecule has 0 saturated carbocycles. The Bertz CT molecular complexity index is 396. The average molecular weight is 134 g/mol. The van der Waals surface area contributed by atoms with Crippen LogP contribution in [0.15, 0.2) is 11.0 Å². The van der Waals surface area contributed by atoms with Crippen LogP contribution >= 0.6 is 0 Å². The molecule has 1 N–H and O–H groups in total. The molecule has 2 rings (SSSR count). The Balaban J connectivity index is 2.44. The first-order valence-corrected chi connectivity index (χ1v) is 2.62. The molecule has 0 atom stereocenters. The molecular formula is C5H2N4O. The topological polar surface area (TPSA) is 70.2 Å². The van der Waals surface area contributed by atoms with Crippen molar-refractivity contribution in [2.24, 2.45) is 0 Å². The van der Waals surface area contributed by atoms with E-state index in [0.29, 0.717) is 11.5 Å². The SMILES string of the molecule is N#CNc1cn2c(=O)c2n1. The monoisotopic (exact) mass is 134 g/mol. The molecular weight excluding hydrogens is 132 g/mol. The molecule has 0 fully saturated rings. The summed E-state index contributed by atoms with van der Waals surface area (Å²) in [7, 11) is 0. The summed E-state index contributed by atoms with van der Waals surface area (Å²) in [6.45, 7) is 0. The molecule has 5 heteroatoms. The summed E-state index contributed by atoms with van der Waals surface area (Å²) >= 11 is 0. The van der Waals surface area contributed by atoms with E-state index in [0.717, 1.165) is 0 Å². The second-order valence-corrected chi connectivity index (χ2v) is 1.86. The second kappa shape index (κ2) is 1.36. The number of hydrogen-bond acceptors (Lipinski definition) is 4. The van der Waals surface area contributed by atoms with E-state index in [2.05, 4.69) is 10.3 Å². The molecule has 2 aromatic heterocycles. The van der Waals surface area contributed by atoms with Gasteiger partial charge in [0.25, 0.3) is 5.56 Å². The number of fused-ring (bicyclic) bond motifs is 1. The Morgan fingerprint density at radius 1 is 1.80 bits per heavy atom. The molecule has 48 valence electrons. The molecule has 0 aliphatic heterocycles. The molecule has 0 aliphatic rings. The van der Waals surface area contributed by atoms with Gasteiger partial charge in [0.05, 0.1) is 6.20 Å². The van der Waals surface area contributed by atoms with Crippen molar-refractivity contribution in [1.82, 2.24) is 9.38 Å². The highest BCUT2D eigenvalue weighted by atomic mass is 16.1. The molecule has 0 radical (unpaired) electrons. The molecule has 0 bridgehead atoms. The first kappa shape index (κ1) is 4.99. The quantitative estimate of drug-likeness (QED) is 0.420. The van der Waals surface area contributed by atoms with Crippen molar-refractivity contribution >= 4 is 11.5 Å². The van der Waals surface area contributed by atoms with Crippen molar-refractivity contribution in [2.75, 3.05) is 5.32 Å². The zero-order valence-corrected chi connectivity index (χ0v) is 4.83. The van der Waals surface area contributed by atoms with Crippen molar-refractivity contribution in [3.63, 3.8) is 0 Å². The van der Waals surface area contributed by atoms with Crippen LogP contribution in [-0.4, -0.2) is 9.38 Å². The standard InChI is InChI=1S/C5H2N4O/c6-2-7-3-1-9-4(8-3)5(9)10/h1,7H. The van der Waals surface area contributed by atoms with Crippen molar-refractivity contribution in [3.05, 3.63) is 16.6 Å². The molecule has 0 unspecified atom stereocenters. The van der Waals surface area contributed by atoms with Crippen molar-refractivity contribution < 1.29 is 0 Å². The van der Waals surface area contributed by atoms with Crippen LogP contribution in [0.25, 0.3) is 5.65 Å². The number of nitrogens with zero attached hydrogens (tertiary/aromatic N) is 3. The molecule has 2 heterocycles. The lowest BCUT2D eigenvalue weighted by atomic mass is 10.7. The molecule has 0 amide bonds. The summed E-state index contributed by atoms with van der Waals surface area (Å²) < 4.78 is 1.37. The zero-order chi connectivity index (χ0) is 7.14. The van der Waals surface area contributed by atoms with Crippen LogP contribution in [-0.2, 0) is 0 Å². The Morgan fingerprint density at radius 2 is 2.60 bits per heavy atom. The highest BCUT2D eigenvalue weighted by Gasteiger charge is 2.15. The zero-order valence-electron chi connectivity index (χ0n) is 4.83. The Kier molecular flexibility index (Phi) is 0.679. The molecule has 5 nitrogen and oxygen atoms in total. The minimum atomic E-state index is -0.0801. The van der Waals surface area contributed by atoms with E-state index in [4.69, 9.17) is 5.26 Å². The van der Waals surface area contributed by atoms with Crippen molar-refractivity contribution in [3.8, 4) is 6.19 Å². The summed E-state index contributed by atoms with van der Waals surface area (Å²) in [5, 5.41) is 10.4. The van der Waals surface area contributed by atoms with E-state index in [1.165, 1.54) is 10.6 Å². The Morgan fingerprint density at radius 3 is 3.10 bits per heavy atom. The predicted octanol–water partition coefficient (Wildman–Crippen LogP) is -0.537. The van der Waals surface area contributed by atoms with Gasteiger partial charge in [0.15, 0.2) is 12.0 Å². The normalized spacial score (nSPS) is 10.3. The molecule has 0 aliphatic carbocycles. The van der Waals surface area contributed by atoms with Crippen LogP contribution in [0.1, 0.15) is 0 Å². The first-order valence-electron chi connectivity index (χ1n) is 2.62. The maximum Gasteiger partial charge on any atom is 0.300 e. The van der Waals surface area contributed by atoms with Crippen LogP contribution in [0.4, 0.5) is 5.82 Å². The maximum absolute atomic E-state index is 10.5. The minimum absolute atomic E-state index is 0.0801. The van der Waals surface area contributed by atoms with Gasteiger partial charge in [0.2, 0.25) is 5.65 Å². The van der Waals surface area contributed by atoms with E-state index >= 15 is 0 Å². The first-order chi connectivity index (χ1) is 4.83. The highest BCUT2D eigenvalue weighted by molar-refractivity contribution is 5.55. The van der Waals surface area contributed by atoms with E-state index in [1.807, 2.05) is 0 Å². The van der Waals surface area contributed by atoms with E-state index in [9.17, 15) is 4.79 Å². The van der Waals surface area contributed by atoms with Gasteiger partial charge in [0.1, 0.15) is 0 Å². The fourth-order valence-electron chi connectivity index (χ4n) is 0.757. The number of anilines is 1. The van der Waals surface area contributed by atoms with Crippen LogP contribution < -0.4 is 10.9 Å². The van der Waals surface area contributed by atoms with Gasteiger partial charge in [-0.05, 0) is 0 Å². The summed E-state index contributed by atoms with van der Waals surface area (Å²) in [5.41, 5.74) is 0.334. The van der Waals surface area contributed by atoms with Crippen molar-refractivity contribution in [1.29, 1.82) is 5.26 Å². The third-order valence-corrected chi connectivity index (χ3v) is 1.25. The summed E-state index contributed by atoms with van der Waals surface area (Å²) in [6, 6.07) is 0. The number of aromatic nitrogens is 2. The van der Waals surface area contributed by atoms with Gasteiger partial charge >= 0.3 is 0 Å². The Labute approximate surface area is 55.2 Å². The molecule has 0 aromatic carbocycles. The number of nitrogens with one attached hydrogen (secondary N) is 1. The number of nitriles is 1. The van der Waals surface area contributed by atoms with Gasteiger partial charge in [-0.25, -0.2) is 4.98 Å². The van der Waals surface area contributed by atoms with Gasteiger partial charge in [-0.2, -0.15) is 5.26 Å².